The number of anilines is 1. The molecule has 0 unspecified atom stereocenters. The van der Waals surface area contributed by atoms with Gasteiger partial charge in [0.05, 0.1) is 17.5 Å². The summed E-state index contributed by atoms with van der Waals surface area (Å²) in [5.41, 5.74) is 4.13. The van der Waals surface area contributed by atoms with Crippen LogP contribution >= 0.6 is 43.5 Å². The van der Waals surface area contributed by atoms with Crippen molar-refractivity contribution in [3.8, 4) is 0 Å². The predicted molar refractivity (Wildman–Crippen MR) is 125 cm³/mol. The second-order valence-electron chi connectivity index (χ2n) is 7.09. The van der Waals surface area contributed by atoms with Crippen LogP contribution in [-0.2, 0) is 19.1 Å². The minimum atomic E-state index is -0.788. The Morgan fingerprint density at radius 1 is 1.19 bits per heavy atom. The van der Waals surface area contributed by atoms with Gasteiger partial charge in [-0.1, -0.05) is 27.5 Å². The Morgan fingerprint density at radius 3 is 2.56 bits per heavy atom. The van der Waals surface area contributed by atoms with Crippen molar-refractivity contribution in [2.24, 2.45) is 5.92 Å². The van der Waals surface area contributed by atoms with Crippen molar-refractivity contribution < 1.29 is 23.9 Å². The molecule has 1 atom stereocenters. The largest absolute Gasteiger partial charge is 0.455 e. The van der Waals surface area contributed by atoms with Gasteiger partial charge >= 0.3 is 5.97 Å². The number of carbonyl (C=O) groups excluding carboxylic acids is 4. The second kappa shape index (κ2) is 10.5. The molecule has 2 aromatic rings. The number of halogens is 3. The van der Waals surface area contributed by atoms with Crippen LogP contribution in [0.4, 0.5) is 5.69 Å². The fourth-order valence-corrected chi connectivity index (χ4v) is 3.87. The van der Waals surface area contributed by atoms with Crippen molar-refractivity contribution in [3.05, 3.63) is 61.5 Å². The van der Waals surface area contributed by atoms with Gasteiger partial charge in [-0.05, 0) is 64.8 Å². The van der Waals surface area contributed by atoms with Crippen LogP contribution in [0, 0.1) is 12.8 Å². The first-order chi connectivity index (χ1) is 15.1. The van der Waals surface area contributed by atoms with Gasteiger partial charge in [0.1, 0.15) is 0 Å². The third-order valence-electron chi connectivity index (χ3n) is 4.69. The Balaban J connectivity index is 1.50. The van der Waals surface area contributed by atoms with Crippen LogP contribution in [0.25, 0.3) is 0 Å². The molecule has 2 aromatic carbocycles. The van der Waals surface area contributed by atoms with Crippen molar-refractivity contribution in [2.45, 2.75) is 13.3 Å². The summed E-state index contributed by atoms with van der Waals surface area (Å²) in [5.74, 6) is -2.90. The number of nitrogens with one attached hydrogen (secondary N) is 2. The first kappa shape index (κ1) is 24.2. The van der Waals surface area contributed by atoms with Gasteiger partial charge in [-0.3, -0.25) is 29.6 Å². The Morgan fingerprint density at radius 2 is 1.88 bits per heavy atom. The lowest BCUT2D eigenvalue weighted by Gasteiger charge is -2.17. The summed E-state index contributed by atoms with van der Waals surface area (Å²) in [4.78, 5) is 49.0. The molecule has 168 valence electrons. The molecule has 1 heterocycles. The number of carbonyl (C=O) groups is 4. The highest BCUT2D eigenvalue weighted by molar-refractivity contribution is 9.10. The van der Waals surface area contributed by atoms with Gasteiger partial charge in [0.2, 0.25) is 5.91 Å². The van der Waals surface area contributed by atoms with E-state index in [1.54, 1.807) is 43.3 Å². The summed E-state index contributed by atoms with van der Waals surface area (Å²) >= 11 is 12.6. The third-order valence-corrected chi connectivity index (χ3v) is 6.41. The third kappa shape index (κ3) is 6.08. The highest BCUT2D eigenvalue weighted by Gasteiger charge is 2.36. The summed E-state index contributed by atoms with van der Waals surface area (Å²) < 4.78 is 6.58. The minimum absolute atomic E-state index is 0.0387. The summed E-state index contributed by atoms with van der Waals surface area (Å²) in [6, 6.07) is 9.95. The summed E-state index contributed by atoms with van der Waals surface area (Å²) in [6.07, 6.45) is -0.123. The topological polar surface area (TPSA) is 105 Å². The predicted octanol–water partition coefficient (Wildman–Crippen LogP) is 3.85. The summed E-state index contributed by atoms with van der Waals surface area (Å²) in [6.45, 7) is 1.24. The van der Waals surface area contributed by atoms with E-state index < -0.39 is 36.2 Å². The van der Waals surface area contributed by atoms with Gasteiger partial charge in [0, 0.05) is 26.6 Å². The zero-order valence-electron chi connectivity index (χ0n) is 16.8. The van der Waals surface area contributed by atoms with Gasteiger partial charge in [-0.2, -0.15) is 0 Å². The Hall–Kier alpha value is -2.43. The molecule has 2 N–H and O–H groups in total. The van der Waals surface area contributed by atoms with Crippen molar-refractivity contribution in [1.29, 1.82) is 0 Å². The van der Waals surface area contributed by atoms with E-state index in [0.29, 0.717) is 20.7 Å². The summed E-state index contributed by atoms with van der Waals surface area (Å²) in [7, 11) is 0. The standard InChI is InChI=1S/C21H18Br2ClN3O5/c1-11-6-15(23)16(24)8-17(11)25-18(28)10-32-21(31)13-7-19(29)27(9-13)26-20(30)12-2-4-14(22)5-3-12/h2-6,8,13H,7,9-10H2,1H3,(H,25,28)(H,26,30)/t13-/m0/s1. The molecule has 32 heavy (non-hydrogen) atoms. The van der Waals surface area contributed by atoms with Gasteiger partial charge in [-0.15, -0.1) is 0 Å². The maximum absolute atomic E-state index is 12.3. The highest BCUT2D eigenvalue weighted by Crippen LogP contribution is 2.29. The van der Waals surface area contributed by atoms with Gasteiger partial charge in [-0.25, -0.2) is 0 Å². The summed E-state index contributed by atoms with van der Waals surface area (Å²) in [5, 5.41) is 4.15. The normalized spacial score (nSPS) is 15.4. The monoisotopic (exact) mass is 585 g/mol. The zero-order chi connectivity index (χ0) is 23.4. The first-order valence-corrected chi connectivity index (χ1v) is 11.4. The average Bonchev–Trinajstić information content (AvgIpc) is 3.11. The number of hydrogen-bond donors (Lipinski definition) is 2. The van der Waals surface area contributed by atoms with Gasteiger partial charge in [0.15, 0.2) is 6.61 Å². The number of aryl methyl sites for hydroxylation is 1. The van der Waals surface area contributed by atoms with Gasteiger partial charge < -0.3 is 10.1 Å². The maximum atomic E-state index is 12.3. The molecule has 0 spiro atoms. The van der Waals surface area contributed by atoms with Crippen molar-refractivity contribution in [2.75, 3.05) is 18.5 Å². The zero-order valence-corrected chi connectivity index (χ0v) is 20.7. The number of esters is 1. The van der Waals surface area contributed by atoms with Crippen LogP contribution in [0.2, 0.25) is 5.02 Å². The molecule has 0 aromatic heterocycles. The number of nitrogens with zero attached hydrogens (tertiary/aromatic N) is 1. The molecule has 1 fully saturated rings. The molecule has 0 bridgehead atoms. The lowest BCUT2D eigenvalue weighted by Crippen LogP contribution is -2.43. The van der Waals surface area contributed by atoms with Crippen LogP contribution in [0.5, 0.6) is 0 Å². The molecule has 3 rings (SSSR count). The molecule has 8 nitrogen and oxygen atoms in total. The van der Waals surface area contributed by atoms with Gasteiger partial charge in [0.25, 0.3) is 11.8 Å². The maximum Gasteiger partial charge on any atom is 0.311 e. The number of ether oxygens (including phenoxy) is 1. The number of rotatable bonds is 6. The van der Waals surface area contributed by atoms with Crippen molar-refractivity contribution >= 4 is 72.8 Å². The molecular formula is C21H18Br2ClN3O5. The van der Waals surface area contributed by atoms with E-state index in [4.69, 9.17) is 16.3 Å². The molecule has 1 aliphatic rings. The molecule has 0 saturated carbocycles. The van der Waals surface area contributed by atoms with Crippen LogP contribution in [0.1, 0.15) is 22.3 Å². The quantitative estimate of drug-likeness (QED) is 0.500. The van der Waals surface area contributed by atoms with E-state index in [1.807, 2.05) is 0 Å². The van der Waals surface area contributed by atoms with Crippen molar-refractivity contribution in [3.63, 3.8) is 0 Å². The molecule has 3 amide bonds. The van der Waals surface area contributed by atoms with Crippen LogP contribution in [-0.4, -0.2) is 41.9 Å². The van der Waals surface area contributed by atoms with E-state index in [-0.39, 0.29) is 13.0 Å². The second-order valence-corrected chi connectivity index (χ2v) is 9.27. The van der Waals surface area contributed by atoms with Crippen LogP contribution < -0.4 is 10.7 Å². The highest BCUT2D eigenvalue weighted by atomic mass is 79.9. The van der Waals surface area contributed by atoms with Crippen molar-refractivity contribution in [1.82, 2.24) is 10.4 Å². The number of benzene rings is 2. The lowest BCUT2D eigenvalue weighted by atomic mass is 10.1. The minimum Gasteiger partial charge on any atom is -0.455 e. The average molecular weight is 588 g/mol. The van der Waals surface area contributed by atoms with E-state index in [1.165, 1.54) is 0 Å². The number of hydrazine groups is 1. The first-order valence-electron chi connectivity index (χ1n) is 9.43. The van der Waals surface area contributed by atoms with Crippen LogP contribution in [0.3, 0.4) is 0 Å². The molecule has 11 heteroatoms. The fourth-order valence-electron chi connectivity index (χ4n) is 2.98. The Kier molecular flexibility index (Phi) is 7.91. The lowest BCUT2D eigenvalue weighted by molar-refractivity contribution is -0.151. The molecule has 0 aliphatic carbocycles. The van der Waals surface area contributed by atoms with E-state index in [2.05, 4.69) is 42.6 Å². The molecule has 1 saturated heterocycles. The SMILES string of the molecule is Cc1cc(Br)c(Cl)cc1NC(=O)COC(=O)[C@H]1CC(=O)N(NC(=O)c2ccc(Br)cc2)C1. The van der Waals surface area contributed by atoms with E-state index in [0.717, 1.165) is 15.0 Å². The molecule has 0 radical (unpaired) electrons. The van der Waals surface area contributed by atoms with Crippen LogP contribution in [0.15, 0.2) is 45.3 Å². The molecule has 1 aliphatic heterocycles. The fraction of sp³-hybridized carbons (Fsp3) is 0.238. The van der Waals surface area contributed by atoms with E-state index >= 15 is 0 Å². The Bertz CT molecular complexity index is 1080. The van der Waals surface area contributed by atoms with E-state index in [9.17, 15) is 19.2 Å². The molecular weight excluding hydrogens is 570 g/mol. The number of hydrogen-bond acceptors (Lipinski definition) is 5. The Labute approximate surface area is 205 Å². The number of amides is 3. The smallest absolute Gasteiger partial charge is 0.311 e.